The standard InChI is InChI=1S/C14H23BrN2O3S/c1-10-4-6-11(7-5-10)17(3)21(18,19)13-8-12(9-16-2)20-14(13)15/h8,10-11,16H,4-7,9H2,1-3H3. The van der Waals surface area contributed by atoms with Gasteiger partial charge in [0.25, 0.3) is 0 Å². The van der Waals surface area contributed by atoms with Crippen molar-refractivity contribution in [3.8, 4) is 0 Å². The van der Waals surface area contributed by atoms with E-state index in [-0.39, 0.29) is 15.6 Å². The van der Waals surface area contributed by atoms with Gasteiger partial charge < -0.3 is 9.73 Å². The van der Waals surface area contributed by atoms with Gasteiger partial charge in [0.1, 0.15) is 10.7 Å². The molecular formula is C14H23BrN2O3S. The molecule has 0 unspecified atom stereocenters. The maximum atomic E-state index is 12.8. The number of hydrogen-bond acceptors (Lipinski definition) is 4. The van der Waals surface area contributed by atoms with Crippen LogP contribution >= 0.6 is 15.9 Å². The molecule has 2 rings (SSSR count). The highest BCUT2D eigenvalue weighted by atomic mass is 79.9. The van der Waals surface area contributed by atoms with E-state index in [0.717, 1.165) is 25.7 Å². The largest absolute Gasteiger partial charge is 0.452 e. The van der Waals surface area contributed by atoms with Crippen molar-refractivity contribution in [1.29, 1.82) is 0 Å². The van der Waals surface area contributed by atoms with Crippen LogP contribution < -0.4 is 5.32 Å². The Kier molecular flexibility index (Phi) is 5.51. The Labute approximate surface area is 135 Å². The highest BCUT2D eigenvalue weighted by Gasteiger charge is 2.33. The SMILES string of the molecule is CNCc1cc(S(=O)(=O)N(C)C2CCC(C)CC2)c(Br)o1. The van der Waals surface area contributed by atoms with Crippen molar-refractivity contribution in [1.82, 2.24) is 9.62 Å². The predicted molar refractivity (Wildman–Crippen MR) is 85.5 cm³/mol. The molecular weight excluding hydrogens is 356 g/mol. The molecule has 7 heteroatoms. The van der Waals surface area contributed by atoms with E-state index < -0.39 is 10.0 Å². The van der Waals surface area contributed by atoms with Crippen LogP contribution in [0.4, 0.5) is 0 Å². The summed E-state index contributed by atoms with van der Waals surface area (Å²) in [5, 5.41) is 2.95. The van der Waals surface area contributed by atoms with E-state index in [9.17, 15) is 8.42 Å². The lowest BCUT2D eigenvalue weighted by Gasteiger charge is -2.32. The topological polar surface area (TPSA) is 62.6 Å². The van der Waals surface area contributed by atoms with Crippen LogP contribution in [0.5, 0.6) is 0 Å². The van der Waals surface area contributed by atoms with Gasteiger partial charge in [0, 0.05) is 19.2 Å². The Hall–Kier alpha value is -0.370. The van der Waals surface area contributed by atoms with E-state index in [2.05, 4.69) is 28.2 Å². The van der Waals surface area contributed by atoms with Gasteiger partial charge in [-0.25, -0.2) is 8.42 Å². The highest BCUT2D eigenvalue weighted by molar-refractivity contribution is 9.10. The first kappa shape index (κ1) is 17.0. The number of halogens is 1. The van der Waals surface area contributed by atoms with Crippen molar-refractivity contribution in [3.05, 3.63) is 16.5 Å². The van der Waals surface area contributed by atoms with E-state index in [1.165, 1.54) is 4.31 Å². The Bertz CT molecular complexity index is 577. The van der Waals surface area contributed by atoms with Gasteiger partial charge in [0.05, 0.1) is 6.54 Å². The van der Waals surface area contributed by atoms with E-state index in [1.807, 2.05) is 0 Å². The molecule has 0 bridgehead atoms. The second-order valence-electron chi connectivity index (χ2n) is 5.82. The van der Waals surface area contributed by atoms with Gasteiger partial charge in [-0.05, 0) is 54.6 Å². The van der Waals surface area contributed by atoms with Gasteiger partial charge in [-0.3, -0.25) is 0 Å². The fourth-order valence-electron chi connectivity index (χ4n) is 2.79. The predicted octanol–water partition coefficient (Wildman–Crippen LogP) is 2.96. The molecule has 0 radical (unpaired) electrons. The lowest BCUT2D eigenvalue weighted by Crippen LogP contribution is -2.39. The van der Waals surface area contributed by atoms with Gasteiger partial charge >= 0.3 is 0 Å². The van der Waals surface area contributed by atoms with E-state index >= 15 is 0 Å². The molecule has 1 N–H and O–H groups in total. The molecule has 1 aromatic heterocycles. The van der Waals surface area contributed by atoms with Crippen LogP contribution in [-0.2, 0) is 16.6 Å². The van der Waals surface area contributed by atoms with Crippen molar-refractivity contribution in [2.45, 2.75) is 50.1 Å². The molecule has 21 heavy (non-hydrogen) atoms. The first-order valence-corrected chi connectivity index (χ1v) is 9.50. The summed E-state index contributed by atoms with van der Waals surface area (Å²) < 4.78 is 32.8. The first-order valence-electron chi connectivity index (χ1n) is 7.27. The van der Waals surface area contributed by atoms with Crippen LogP contribution in [-0.4, -0.2) is 32.9 Å². The molecule has 5 nitrogen and oxygen atoms in total. The molecule has 0 atom stereocenters. The average molecular weight is 379 g/mol. The molecule has 1 heterocycles. The van der Waals surface area contributed by atoms with Gasteiger partial charge in [0.2, 0.25) is 10.0 Å². The third-order valence-electron chi connectivity index (χ3n) is 4.21. The number of sulfonamides is 1. The smallest absolute Gasteiger partial charge is 0.247 e. The normalized spacial score (nSPS) is 23.7. The molecule has 1 aliphatic rings. The Morgan fingerprint density at radius 1 is 1.38 bits per heavy atom. The minimum atomic E-state index is -3.52. The Morgan fingerprint density at radius 2 is 2.00 bits per heavy atom. The van der Waals surface area contributed by atoms with Crippen molar-refractivity contribution in [3.63, 3.8) is 0 Å². The molecule has 1 saturated carbocycles. The molecule has 120 valence electrons. The summed E-state index contributed by atoms with van der Waals surface area (Å²) in [7, 11) is -0.0539. The third-order valence-corrected chi connectivity index (χ3v) is 6.98. The number of nitrogens with zero attached hydrogens (tertiary/aromatic N) is 1. The summed E-state index contributed by atoms with van der Waals surface area (Å²) in [5.41, 5.74) is 0. The van der Waals surface area contributed by atoms with Crippen molar-refractivity contribution in [2.75, 3.05) is 14.1 Å². The van der Waals surface area contributed by atoms with E-state index in [4.69, 9.17) is 4.42 Å². The van der Waals surface area contributed by atoms with Crippen molar-refractivity contribution in [2.24, 2.45) is 5.92 Å². The number of hydrogen-bond donors (Lipinski definition) is 1. The van der Waals surface area contributed by atoms with Crippen molar-refractivity contribution < 1.29 is 12.8 Å². The summed E-state index contributed by atoms with van der Waals surface area (Å²) in [6.07, 6.45) is 4.02. The van der Waals surface area contributed by atoms with Gasteiger partial charge in [-0.1, -0.05) is 6.92 Å². The number of rotatable bonds is 5. The Balaban J connectivity index is 2.20. The summed E-state index contributed by atoms with van der Waals surface area (Å²) >= 11 is 3.22. The Morgan fingerprint density at radius 3 is 2.57 bits per heavy atom. The molecule has 0 amide bonds. The fourth-order valence-corrected chi connectivity index (χ4v) is 5.17. The molecule has 0 saturated heterocycles. The monoisotopic (exact) mass is 378 g/mol. The summed E-state index contributed by atoms with van der Waals surface area (Å²) in [6, 6.07) is 1.68. The van der Waals surface area contributed by atoms with Crippen LogP contribution in [0.15, 0.2) is 20.0 Å². The third kappa shape index (κ3) is 3.70. The second kappa shape index (κ2) is 6.81. The van der Waals surface area contributed by atoms with Gasteiger partial charge in [-0.15, -0.1) is 0 Å². The van der Waals surface area contributed by atoms with E-state index in [0.29, 0.717) is 18.2 Å². The molecule has 1 aliphatic carbocycles. The van der Waals surface area contributed by atoms with E-state index in [1.54, 1.807) is 20.2 Å². The number of furan rings is 1. The summed E-state index contributed by atoms with van der Waals surface area (Å²) in [5.74, 6) is 1.30. The van der Waals surface area contributed by atoms with Crippen LogP contribution in [0.2, 0.25) is 0 Å². The van der Waals surface area contributed by atoms with Crippen LogP contribution in [0.3, 0.4) is 0 Å². The number of nitrogens with one attached hydrogen (secondary N) is 1. The molecule has 1 aromatic rings. The maximum Gasteiger partial charge on any atom is 0.247 e. The lowest BCUT2D eigenvalue weighted by atomic mass is 9.87. The zero-order valence-corrected chi connectivity index (χ0v) is 15.1. The molecule has 0 aromatic carbocycles. The zero-order chi connectivity index (χ0) is 15.6. The molecule has 0 spiro atoms. The minimum absolute atomic E-state index is 0.0840. The van der Waals surface area contributed by atoms with Crippen LogP contribution in [0, 0.1) is 5.92 Å². The minimum Gasteiger partial charge on any atom is -0.452 e. The van der Waals surface area contributed by atoms with Gasteiger partial charge in [0.15, 0.2) is 4.67 Å². The van der Waals surface area contributed by atoms with Crippen molar-refractivity contribution >= 4 is 26.0 Å². The summed E-state index contributed by atoms with van der Waals surface area (Å²) in [4.78, 5) is 0.217. The van der Waals surface area contributed by atoms with Crippen LogP contribution in [0.1, 0.15) is 38.4 Å². The molecule has 1 fully saturated rings. The van der Waals surface area contributed by atoms with Gasteiger partial charge in [-0.2, -0.15) is 4.31 Å². The lowest BCUT2D eigenvalue weighted by molar-refractivity contribution is 0.246. The first-order chi connectivity index (χ1) is 9.86. The quantitative estimate of drug-likeness (QED) is 0.855. The zero-order valence-electron chi connectivity index (χ0n) is 12.7. The molecule has 0 aliphatic heterocycles. The highest BCUT2D eigenvalue weighted by Crippen LogP contribution is 2.33. The fraction of sp³-hybridized carbons (Fsp3) is 0.714. The average Bonchev–Trinajstić information content (AvgIpc) is 2.81. The summed E-state index contributed by atoms with van der Waals surface area (Å²) in [6.45, 7) is 2.72. The van der Waals surface area contributed by atoms with Crippen LogP contribution in [0.25, 0.3) is 0 Å². The maximum absolute atomic E-state index is 12.8. The second-order valence-corrected chi connectivity index (χ2v) is 8.50.